The third-order valence-electron chi connectivity index (χ3n) is 5.71. The van der Waals surface area contributed by atoms with Gasteiger partial charge in [-0.15, -0.1) is 11.8 Å². The minimum Gasteiger partial charge on any atom is -0.508 e. The smallest absolute Gasteiger partial charge is 0.237 e. The van der Waals surface area contributed by atoms with E-state index in [9.17, 15) is 18.7 Å². The molecule has 33 heavy (non-hydrogen) atoms. The zero-order valence-corrected chi connectivity index (χ0v) is 18.9. The molecule has 1 fully saturated rings. The van der Waals surface area contributed by atoms with Crippen molar-refractivity contribution in [2.24, 2.45) is 0 Å². The minimum absolute atomic E-state index is 0.0487. The molecule has 0 aromatic heterocycles. The maximum Gasteiger partial charge on any atom is 0.237 e. The number of halogens is 2. The average molecular weight is 469 g/mol. The molecule has 172 valence electrons. The molecule has 0 saturated carbocycles. The van der Waals surface area contributed by atoms with Gasteiger partial charge in [0.1, 0.15) is 17.4 Å². The van der Waals surface area contributed by atoms with Crippen molar-refractivity contribution in [1.82, 2.24) is 10.2 Å². The summed E-state index contributed by atoms with van der Waals surface area (Å²) in [6, 6.07) is 19.5. The van der Waals surface area contributed by atoms with Crippen LogP contribution >= 0.6 is 11.8 Å². The lowest BCUT2D eigenvalue weighted by Gasteiger charge is -2.23. The molecule has 1 saturated heterocycles. The van der Waals surface area contributed by atoms with E-state index < -0.39 is 0 Å². The zero-order valence-electron chi connectivity index (χ0n) is 18.1. The largest absolute Gasteiger partial charge is 0.508 e. The normalized spacial score (nSPS) is 18.4. The molecule has 0 bridgehead atoms. The maximum atomic E-state index is 13.4. The first-order valence-electron chi connectivity index (χ1n) is 10.9. The van der Waals surface area contributed by atoms with Gasteiger partial charge in [0, 0.05) is 29.8 Å². The highest BCUT2D eigenvalue weighted by Gasteiger charge is 2.37. The molecule has 0 radical (unpaired) electrons. The Balaban J connectivity index is 1.41. The fourth-order valence-corrected chi connectivity index (χ4v) is 5.30. The lowest BCUT2D eigenvalue weighted by molar-refractivity contribution is -0.125. The van der Waals surface area contributed by atoms with Gasteiger partial charge < -0.3 is 10.4 Å². The summed E-state index contributed by atoms with van der Waals surface area (Å²) in [6.07, 6.45) is 1.23. The fourth-order valence-electron chi connectivity index (χ4n) is 4.08. The topological polar surface area (TPSA) is 52.6 Å². The number of nitrogens with one attached hydrogen (secondary N) is 1. The summed E-state index contributed by atoms with van der Waals surface area (Å²) in [5, 5.41) is 12.8. The van der Waals surface area contributed by atoms with Gasteiger partial charge in [0.2, 0.25) is 5.91 Å². The molecular formula is C26H26F2N2O2S. The Morgan fingerprint density at radius 3 is 2.48 bits per heavy atom. The molecule has 2 atom stereocenters. The first-order valence-corrected chi connectivity index (χ1v) is 11.8. The number of hydrogen-bond donors (Lipinski definition) is 2. The summed E-state index contributed by atoms with van der Waals surface area (Å²) in [5.41, 5.74) is 1.85. The van der Waals surface area contributed by atoms with Gasteiger partial charge in [-0.25, -0.2) is 8.78 Å². The molecule has 0 spiro atoms. The van der Waals surface area contributed by atoms with Crippen molar-refractivity contribution >= 4 is 17.7 Å². The summed E-state index contributed by atoms with van der Waals surface area (Å²) in [4.78, 5) is 16.2. The third-order valence-corrected chi connectivity index (χ3v) is 6.93. The monoisotopic (exact) mass is 468 g/mol. The van der Waals surface area contributed by atoms with Crippen LogP contribution in [0.5, 0.6) is 5.75 Å². The number of aromatic hydroxyl groups is 1. The predicted molar refractivity (Wildman–Crippen MR) is 126 cm³/mol. The first kappa shape index (κ1) is 23.3. The van der Waals surface area contributed by atoms with Crippen LogP contribution in [0, 0.1) is 11.6 Å². The highest BCUT2D eigenvalue weighted by molar-refractivity contribution is 8.00. The molecule has 1 aliphatic heterocycles. The molecule has 1 amide bonds. The third kappa shape index (κ3) is 6.55. The summed E-state index contributed by atoms with van der Waals surface area (Å²) in [6.45, 7) is 1.73. The van der Waals surface area contributed by atoms with Crippen molar-refractivity contribution in [3.05, 3.63) is 95.6 Å². The molecule has 0 unspecified atom stereocenters. The van der Waals surface area contributed by atoms with Crippen molar-refractivity contribution in [2.45, 2.75) is 35.6 Å². The van der Waals surface area contributed by atoms with Gasteiger partial charge in [0.25, 0.3) is 0 Å². The highest BCUT2D eigenvalue weighted by atomic mass is 32.2. The van der Waals surface area contributed by atoms with E-state index in [0.717, 1.165) is 16.0 Å². The Kier molecular flexibility index (Phi) is 7.62. The van der Waals surface area contributed by atoms with Crippen LogP contribution in [0.3, 0.4) is 0 Å². The van der Waals surface area contributed by atoms with Gasteiger partial charge in [0.15, 0.2) is 0 Å². The van der Waals surface area contributed by atoms with Crippen molar-refractivity contribution in [2.75, 3.05) is 13.1 Å². The minimum atomic E-state index is -0.302. The van der Waals surface area contributed by atoms with E-state index in [2.05, 4.69) is 10.2 Å². The second-order valence-corrected chi connectivity index (χ2v) is 9.59. The number of amides is 1. The summed E-state index contributed by atoms with van der Waals surface area (Å²) >= 11 is 1.65. The Morgan fingerprint density at radius 1 is 1.00 bits per heavy atom. The molecular weight excluding hydrogens is 442 g/mol. The number of thioether (sulfide) groups is 1. The van der Waals surface area contributed by atoms with Crippen molar-refractivity contribution in [1.29, 1.82) is 0 Å². The van der Waals surface area contributed by atoms with E-state index in [1.807, 2.05) is 18.2 Å². The molecule has 0 aliphatic carbocycles. The van der Waals surface area contributed by atoms with Gasteiger partial charge in [-0.2, -0.15) is 0 Å². The Hall–Kier alpha value is -2.90. The summed E-state index contributed by atoms with van der Waals surface area (Å²) in [5.74, 6) is -0.394. The van der Waals surface area contributed by atoms with Crippen molar-refractivity contribution in [3.63, 3.8) is 0 Å². The SMILES string of the molecule is O=C(NCCc1cccc(F)c1)[C@@H]1C[C@@H](Sc2ccc(F)cc2)CN1Cc1ccc(O)cc1. The van der Waals surface area contributed by atoms with Crippen LogP contribution in [0.15, 0.2) is 77.7 Å². The van der Waals surface area contributed by atoms with Crippen LogP contribution in [0.4, 0.5) is 8.78 Å². The zero-order chi connectivity index (χ0) is 23.2. The molecule has 1 aliphatic rings. The van der Waals surface area contributed by atoms with E-state index in [4.69, 9.17) is 0 Å². The number of likely N-dealkylation sites (tertiary alicyclic amines) is 1. The molecule has 3 aromatic rings. The number of benzene rings is 3. The summed E-state index contributed by atoms with van der Waals surface area (Å²) < 4.78 is 26.6. The number of phenols is 1. The quantitative estimate of drug-likeness (QED) is 0.500. The Morgan fingerprint density at radius 2 is 1.76 bits per heavy atom. The molecule has 4 nitrogen and oxygen atoms in total. The van der Waals surface area contributed by atoms with Crippen LogP contribution in [0.25, 0.3) is 0 Å². The number of hydrogen-bond acceptors (Lipinski definition) is 4. The number of rotatable bonds is 8. The number of carbonyl (C=O) groups is 1. The van der Waals surface area contributed by atoms with Crippen LogP contribution in [-0.4, -0.2) is 40.3 Å². The van der Waals surface area contributed by atoms with E-state index in [0.29, 0.717) is 32.5 Å². The molecule has 3 aromatic carbocycles. The van der Waals surface area contributed by atoms with E-state index >= 15 is 0 Å². The second-order valence-electron chi connectivity index (χ2n) is 8.21. The fraction of sp³-hybridized carbons (Fsp3) is 0.269. The Bertz CT molecular complexity index is 1080. The predicted octanol–water partition coefficient (Wildman–Crippen LogP) is 4.76. The van der Waals surface area contributed by atoms with E-state index in [1.54, 1.807) is 42.1 Å². The van der Waals surface area contributed by atoms with Crippen LogP contribution < -0.4 is 5.32 Å². The van der Waals surface area contributed by atoms with Crippen LogP contribution in [-0.2, 0) is 17.8 Å². The first-order chi connectivity index (χ1) is 16.0. The number of phenolic OH excluding ortho intramolecular Hbond substituents is 1. The highest BCUT2D eigenvalue weighted by Crippen LogP contribution is 2.34. The van der Waals surface area contributed by atoms with E-state index in [1.165, 1.54) is 24.3 Å². The second kappa shape index (κ2) is 10.8. The van der Waals surface area contributed by atoms with Crippen LogP contribution in [0.1, 0.15) is 17.5 Å². The van der Waals surface area contributed by atoms with Gasteiger partial charge in [-0.1, -0.05) is 24.3 Å². The number of nitrogens with zero attached hydrogens (tertiary/aromatic N) is 1. The average Bonchev–Trinajstić information content (AvgIpc) is 3.19. The van der Waals surface area contributed by atoms with E-state index in [-0.39, 0.29) is 34.6 Å². The molecule has 4 rings (SSSR count). The lowest BCUT2D eigenvalue weighted by atomic mass is 10.1. The van der Waals surface area contributed by atoms with Gasteiger partial charge in [-0.05, 0) is 72.5 Å². The molecule has 2 N–H and O–H groups in total. The van der Waals surface area contributed by atoms with Crippen molar-refractivity contribution < 1.29 is 18.7 Å². The summed E-state index contributed by atoms with van der Waals surface area (Å²) in [7, 11) is 0. The van der Waals surface area contributed by atoms with Gasteiger partial charge in [0.05, 0.1) is 6.04 Å². The van der Waals surface area contributed by atoms with Crippen LogP contribution in [0.2, 0.25) is 0 Å². The number of carbonyl (C=O) groups excluding carboxylic acids is 1. The standard InChI is InChI=1S/C26H26F2N2O2S/c27-20-6-10-23(11-7-20)33-24-15-25(30(17-24)16-19-4-8-22(31)9-5-19)26(32)29-13-12-18-2-1-3-21(28)14-18/h1-11,14,24-25,31H,12-13,15-17H2,(H,29,32)/t24-,25+/m1/s1. The van der Waals surface area contributed by atoms with Gasteiger partial charge >= 0.3 is 0 Å². The molecule has 7 heteroatoms. The molecule has 1 heterocycles. The van der Waals surface area contributed by atoms with Crippen molar-refractivity contribution in [3.8, 4) is 5.75 Å². The lowest BCUT2D eigenvalue weighted by Crippen LogP contribution is -2.43. The van der Waals surface area contributed by atoms with Gasteiger partial charge in [-0.3, -0.25) is 9.69 Å². The maximum absolute atomic E-state index is 13.4. The Labute approximate surface area is 196 Å².